The molecule has 0 aromatic carbocycles. The molecule has 0 saturated heterocycles. The largest absolute Gasteiger partial charge is 0.462 e. The molecule has 6 saturated carbocycles. The third-order valence-corrected chi connectivity index (χ3v) is 18.1. The van der Waals surface area contributed by atoms with Gasteiger partial charge in [0.1, 0.15) is 12.2 Å². The molecule has 53 heavy (non-hydrogen) atoms. The Hall–Kier alpha value is -2.24. The standard InChI is InChI=1S/C47H68O6/c1-44-24-20-32(48)28-30(44)12-14-34-36-16-18-40(46(36,3)26-22-38(34)44)52-42(50)10-8-6-5-7-9-11-43(51)53-41-19-17-37-35-15-13-31-29-33(49)21-25-45(31,2)39(35)23-27-47(37,41)4/h28-29,34-41H,5-27H2,1-4H3/t34-,35-,36-,37-,38-,39-,40-,41-,44-,45-,46-,47-/m0/s1. The maximum Gasteiger partial charge on any atom is 0.306 e. The van der Waals surface area contributed by atoms with Gasteiger partial charge in [-0.3, -0.25) is 19.2 Å². The zero-order valence-corrected chi connectivity index (χ0v) is 33.5. The monoisotopic (exact) mass is 729 g/mol. The van der Waals surface area contributed by atoms with E-state index in [1.807, 2.05) is 12.2 Å². The third-order valence-electron chi connectivity index (χ3n) is 18.1. The van der Waals surface area contributed by atoms with Gasteiger partial charge in [0.05, 0.1) is 0 Å². The van der Waals surface area contributed by atoms with Crippen LogP contribution in [0.3, 0.4) is 0 Å². The highest BCUT2D eigenvalue weighted by molar-refractivity contribution is 5.92. The first-order valence-electron chi connectivity index (χ1n) is 22.2. The number of unbranched alkanes of at least 4 members (excludes halogenated alkanes) is 4. The summed E-state index contributed by atoms with van der Waals surface area (Å²) in [7, 11) is 0. The minimum atomic E-state index is -0.0281. The molecule has 0 aromatic heterocycles. The van der Waals surface area contributed by atoms with E-state index in [4.69, 9.17) is 9.47 Å². The predicted octanol–water partition coefficient (Wildman–Crippen LogP) is 10.6. The molecule has 0 N–H and O–H groups in total. The second kappa shape index (κ2) is 14.4. The lowest BCUT2D eigenvalue weighted by Crippen LogP contribution is -2.51. The van der Waals surface area contributed by atoms with Crippen LogP contribution in [0.2, 0.25) is 0 Å². The fraction of sp³-hybridized carbons (Fsp3) is 0.830. The van der Waals surface area contributed by atoms with E-state index in [-0.39, 0.29) is 45.8 Å². The number of hydrogen-bond acceptors (Lipinski definition) is 6. The SMILES string of the molecule is C[C@]12CC[C@H]3[C@@H](CCC4=CC(=O)CC[C@@]43C)[C@@H]1CC[C@@H]2OC(=O)CCCCCCCC(=O)O[C@H]1CC[C@H]2[C@@H]3CCC4=CC(=O)CC[C@]4(C)[C@H]3CC[C@]12C. The van der Waals surface area contributed by atoms with Crippen molar-refractivity contribution in [2.45, 2.75) is 188 Å². The van der Waals surface area contributed by atoms with Crippen LogP contribution in [0.4, 0.5) is 0 Å². The van der Waals surface area contributed by atoms with Crippen LogP contribution in [-0.4, -0.2) is 35.7 Å². The molecule has 0 heterocycles. The Kier molecular flexibility index (Phi) is 10.2. The summed E-state index contributed by atoms with van der Waals surface area (Å²) in [6.07, 6.45) is 26.6. The van der Waals surface area contributed by atoms with Gasteiger partial charge in [-0.2, -0.15) is 0 Å². The highest BCUT2D eigenvalue weighted by Crippen LogP contribution is 2.67. The van der Waals surface area contributed by atoms with Gasteiger partial charge < -0.3 is 9.47 Å². The van der Waals surface area contributed by atoms with E-state index >= 15 is 0 Å². The number of allylic oxidation sites excluding steroid dienone is 2. The van der Waals surface area contributed by atoms with Gasteiger partial charge in [0.2, 0.25) is 0 Å². The Morgan fingerprint density at radius 2 is 0.943 bits per heavy atom. The number of carbonyl (C=O) groups excluding carboxylic acids is 4. The van der Waals surface area contributed by atoms with Gasteiger partial charge in [0.15, 0.2) is 11.6 Å². The van der Waals surface area contributed by atoms with E-state index in [0.29, 0.717) is 72.8 Å². The van der Waals surface area contributed by atoms with Crippen molar-refractivity contribution in [1.82, 2.24) is 0 Å². The smallest absolute Gasteiger partial charge is 0.306 e. The molecule has 0 spiro atoms. The molecule has 12 atom stereocenters. The van der Waals surface area contributed by atoms with E-state index in [1.165, 1.54) is 36.8 Å². The molecular formula is C47H68O6. The van der Waals surface area contributed by atoms with Crippen LogP contribution in [0.1, 0.15) is 175 Å². The van der Waals surface area contributed by atoms with Crippen LogP contribution in [0.25, 0.3) is 0 Å². The van der Waals surface area contributed by atoms with Gasteiger partial charge in [0.25, 0.3) is 0 Å². The van der Waals surface area contributed by atoms with Gasteiger partial charge in [0, 0.05) is 36.5 Å². The average Bonchev–Trinajstić information content (AvgIpc) is 3.64. The number of ether oxygens (including phenoxy) is 2. The van der Waals surface area contributed by atoms with Gasteiger partial charge >= 0.3 is 11.9 Å². The van der Waals surface area contributed by atoms with Crippen LogP contribution in [-0.2, 0) is 28.7 Å². The van der Waals surface area contributed by atoms with E-state index in [9.17, 15) is 19.2 Å². The maximum atomic E-state index is 13.1. The van der Waals surface area contributed by atoms with Crippen molar-refractivity contribution in [3.05, 3.63) is 23.3 Å². The zero-order valence-electron chi connectivity index (χ0n) is 33.5. The Balaban J connectivity index is 0.729. The quantitative estimate of drug-likeness (QED) is 0.164. The molecule has 0 unspecified atom stereocenters. The maximum absolute atomic E-state index is 13.1. The van der Waals surface area contributed by atoms with Crippen molar-refractivity contribution in [3.8, 4) is 0 Å². The van der Waals surface area contributed by atoms with Crippen LogP contribution in [0.5, 0.6) is 0 Å². The van der Waals surface area contributed by atoms with E-state index < -0.39 is 0 Å². The molecule has 6 heteroatoms. The molecule has 292 valence electrons. The molecule has 0 amide bonds. The Labute approximate surface area is 319 Å². The molecule has 0 aromatic rings. The molecule has 8 aliphatic carbocycles. The van der Waals surface area contributed by atoms with Crippen LogP contribution in [0, 0.1) is 57.2 Å². The summed E-state index contributed by atoms with van der Waals surface area (Å²) in [5, 5.41) is 0. The molecule has 0 bridgehead atoms. The number of fused-ring (bicyclic) bond motifs is 10. The summed E-state index contributed by atoms with van der Waals surface area (Å²) in [5.41, 5.74) is 3.36. The highest BCUT2D eigenvalue weighted by Gasteiger charge is 2.61. The predicted molar refractivity (Wildman–Crippen MR) is 205 cm³/mol. The molecule has 8 rings (SSSR count). The summed E-state index contributed by atoms with van der Waals surface area (Å²) in [6, 6.07) is 0. The summed E-state index contributed by atoms with van der Waals surface area (Å²) in [6.45, 7) is 9.68. The number of ketones is 2. The lowest BCUT2D eigenvalue weighted by molar-refractivity contribution is -0.160. The van der Waals surface area contributed by atoms with Crippen LogP contribution < -0.4 is 0 Å². The molecular weight excluding hydrogens is 661 g/mol. The Bertz CT molecular complexity index is 1430. The van der Waals surface area contributed by atoms with E-state index in [0.717, 1.165) is 96.3 Å². The van der Waals surface area contributed by atoms with E-state index in [1.54, 1.807) is 0 Å². The molecule has 8 aliphatic rings. The summed E-state index contributed by atoms with van der Waals surface area (Å²) >= 11 is 0. The first-order chi connectivity index (χ1) is 25.3. The third kappa shape index (κ3) is 6.54. The summed E-state index contributed by atoms with van der Waals surface area (Å²) < 4.78 is 12.5. The summed E-state index contributed by atoms with van der Waals surface area (Å²) in [4.78, 5) is 50.5. The zero-order chi connectivity index (χ0) is 37.2. The Morgan fingerprint density at radius 3 is 1.38 bits per heavy atom. The molecule has 0 radical (unpaired) electrons. The normalized spacial score (nSPS) is 44.3. The van der Waals surface area contributed by atoms with E-state index in [2.05, 4.69) is 27.7 Å². The fourth-order valence-electron chi connectivity index (χ4n) is 14.9. The number of carbonyl (C=O) groups is 4. The highest BCUT2D eigenvalue weighted by atomic mass is 16.5. The fourth-order valence-corrected chi connectivity index (χ4v) is 14.9. The topological polar surface area (TPSA) is 86.7 Å². The second-order valence-electron chi connectivity index (χ2n) is 20.4. The minimum absolute atomic E-state index is 0.0281. The molecule has 6 fully saturated rings. The molecule has 0 aliphatic heterocycles. The average molecular weight is 729 g/mol. The minimum Gasteiger partial charge on any atom is -0.462 e. The number of rotatable bonds is 10. The first kappa shape index (κ1) is 37.7. The van der Waals surface area contributed by atoms with Crippen LogP contribution in [0.15, 0.2) is 23.3 Å². The van der Waals surface area contributed by atoms with Crippen LogP contribution >= 0.6 is 0 Å². The Morgan fingerprint density at radius 1 is 0.528 bits per heavy atom. The van der Waals surface area contributed by atoms with Crippen molar-refractivity contribution in [1.29, 1.82) is 0 Å². The lowest BCUT2D eigenvalue weighted by atomic mass is 9.47. The second-order valence-corrected chi connectivity index (χ2v) is 20.4. The van der Waals surface area contributed by atoms with Crippen molar-refractivity contribution in [2.75, 3.05) is 0 Å². The first-order valence-corrected chi connectivity index (χ1v) is 22.2. The number of esters is 2. The lowest BCUT2D eigenvalue weighted by Gasteiger charge is -2.57. The van der Waals surface area contributed by atoms with Gasteiger partial charge in [-0.1, -0.05) is 58.1 Å². The number of hydrogen-bond donors (Lipinski definition) is 0. The van der Waals surface area contributed by atoms with Crippen molar-refractivity contribution in [2.24, 2.45) is 57.2 Å². The van der Waals surface area contributed by atoms with Crippen molar-refractivity contribution in [3.63, 3.8) is 0 Å². The molecule has 6 nitrogen and oxygen atoms in total. The van der Waals surface area contributed by atoms with Gasteiger partial charge in [-0.15, -0.1) is 0 Å². The van der Waals surface area contributed by atoms with Gasteiger partial charge in [-0.05, 0) is 161 Å². The van der Waals surface area contributed by atoms with Gasteiger partial charge in [-0.25, -0.2) is 0 Å². The summed E-state index contributed by atoms with van der Waals surface area (Å²) in [5.74, 6) is 4.50. The van der Waals surface area contributed by atoms with Crippen molar-refractivity contribution >= 4 is 23.5 Å². The van der Waals surface area contributed by atoms with Crippen molar-refractivity contribution < 1.29 is 28.7 Å².